The van der Waals surface area contributed by atoms with Crippen molar-refractivity contribution in [1.82, 2.24) is 9.55 Å². The number of rotatable bonds is 5. The van der Waals surface area contributed by atoms with E-state index < -0.39 is 0 Å². The van der Waals surface area contributed by atoms with Crippen LogP contribution in [0.3, 0.4) is 0 Å². The summed E-state index contributed by atoms with van der Waals surface area (Å²) in [6.07, 6.45) is 8.06. The molecule has 3 aromatic rings. The number of benzene rings is 2. The normalized spacial score (nSPS) is 13.3. The van der Waals surface area contributed by atoms with Gasteiger partial charge >= 0.3 is 0 Å². The molecular weight excluding hydrogens is 282 g/mol. The van der Waals surface area contributed by atoms with Crippen LogP contribution in [0.5, 0.6) is 0 Å². The summed E-state index contributed by atoms with van der Waals surface area (Å²) in [5.74, 6) is 0. The lowest BCUT2D eigenvalue weighted by Crippen LogP contribution is -2.22. The first-order valence-corrected chi connectivity index (χ1v) is 8.30. The van der Waals surface area contributed by atoms with Crippen molar-refractivity contribution in [2.75, 3.05) is 18.0 Å². The fourth-order valence-electron chi connectivity index (χ4n) is 3.48. The minimum absolute atomic E-state index is 1.03. The topological polar surface area (TPSA) is 21.1 Å². The first kappa shape index (κ1) is 14.1. The fraction of sp³-hybridized carbons (Fsp3) is 0.250. The van der Waals surface area contributed by atoms with Gasteiger partial charge in [-0.15, -0.1) is 0 Å². The third-order valence-electron chi connectivity index (χ3n) is 4.61. The van der Waals surface area contributed by atoms with Gasteiger partial charge in [0.15, 0.2) is 0 Å². The molecule has 0 saturated heterocycles. The van der Waals surface area contributed by atoms with Crippen LogP contribution in [-0.2, 0) is 13.0 Å². The van der Waals surface area contributed by atoms with Crippen LogP contribution in [0.2, 0.25) is 0 Å². The molecule has 0 amide bonds. The highest BCUT2D eigenvalue weighted by molar-refractivity contribution is 5.76. The predicted octanol–water partition coefficient (Wildman–Crippen LogP) is 4.00. The second kappa shape index (κ2) is 6.29. The molecule has 116 valence electrons. The highest BCUT2D eigenvalue weighted by atomic mass is 15.1. The Kier molecular flexibility index (Phi) is 3.85. The SMILES string of the molecule is c1ccc(-c2cccc3c2CCN3CCCn2ccnc2)cc1. The van der Waals surface area contributed by atoms with E-state index in [1.54, 1.807) is 0 Å². The number of hydrogen-bond donors (Lipinski definition) is 0. The zero-order valence-corrected chi connectivity index (χ0v) is 13.2. The van der Waals surface area contributed by atoms with Crippen molar-refractivity contribution in [2.24, 2.45) is 0 Å². The summed E-state index contributed by atoms with van der Waals surface area (Å²) >= 11 is 0. The van der Waals surface area contributed by atoms with E-state index in [-0.39, 0.29) is 0 Å². The third-order valence-corrected chi connectivity index (χ3v) is 4.61. The first-order valence-electron chi connectivity index (χ1n) is 8.30. The van der Waals surface area contributed by atoms with Crippen LogP contribution in [0.25, 0.3) is 11.1 Å². The minimum atomic E-state index is 1.03. The molecule has 0 radical (unpaired) electrons. The molecule has 2 aromatic carbocycles. The average molecular weight is 303 g/mol. The lowest BCUT2D eigenvalue weighted by atomic mass is 9.98. The van der Waals surface area contributed by atoms with Gasteiger partial charge in [0.2, 0.25) is 0 Å². The van der Waals surface area contributed by atoms with Crippen LogP contribution in [0.15, 0.2) is 67.3 Å². The van der Waals surface area contributed by atoms with Crippen LogP contribution in [0.1, 0.15) is 12.0 Å². The molecule has 3 heteroatoms. The molecule has 1 aliphatic heterocycles. The van der Waals surface area contributed by atoms with E-state index in [0.717, 1.165) is 32.5 Å². The lowest BCUT2D eigenvalue weighted by molar-refractivity contribution is 0.629. The Morgan fingerprint density at radius 3 is 2.70 bits per heavy atom. The number of fused-ring (bicyclic) bond motifs is 1. The molecular formula is C20H21N3. The van der Waals surface area contributed by atoms with Gasteiger partial charge in [-0.1, -0.05) is 42.5 Å². The fourth-order valence-corrected chi connectivity index (χ4v) is 3.48. The van der Waals surface area contributed by atoms with Crippen LogP contribution in [-0.4, -0.2) is 22.6 Å². The average Bonchev–Trinajstić information content (AvgIpc) is 3.26. The molecule has 2 heterocycles. The Hall–Kier alpha value is -2.55. The maximum Gasteiger partial charge on any atom is 0.0945 e. The van der Waals surface area contributed by atoms with Gasteiger partial charge in [0, 0.05) is 37.7 Å². The second-order valence-corrected chi connectivity index (χ2v) is 6.06. The predicted molar refractivity (Wildman–Crippen MR) is 94.6 cm³/mol. The summed E-state index contributed by atoms with van der Waals surface area (Å²) in [6, 6.07) is 17.4. The Balaban J connectivity index is 1.51. The Morgan fingerprint density at radius 1 is 0.957 bits per heavy atom. The highest BCUT2D eigenvalue weighted by Crippen LogP contribution is 2.36. The van der Waals surface area contributed by atoms with E-state index >= 15 is 0 Å². The number of aromatic nitrogens is 2. The standard InChI is InChI=1S/C20H21N3/c1-2-6-17(7-3-1)18-8-4-9-20-19(18)10-14-23(20)13-5-12-22-15-11-21-16-22/h1-4,6-9,11,15-16H,5,10,12-14H2. The molecule has 3 nitrogen and oxygen atoms in total. The van der Waals surface area contributed by atoms with Gasteiger partial charge in [-0.05, 0) is 35.6 Å². The van der Waals surface area contributed by atoms with Crippen molar-refractivity contribution in [2.45, 2.75) is 19.4 Å². The van der Waals surface area contributed by atoms with Crippen LogP contribution < -0.4 is 4.90 Å². The van der Waals surface area contributed by atoms with Gasteiger partial charge in [-0.25, -0.2) is 4.98 Å². The van der Waals surface area contributed by atoms with Gasteiger partial charge in [0.1, 0.15) is 0 Å². The Labute approximate surface area is 137 Å². The molecule has 0 spiro atoms. The van der Waals surface area contributed by atoms with E-state index in [4.69, 9.17) is 0 Å². The quantitative estimate of drug-likeness (QED) is 0.710. The smallest absolute Gasteiger partial charge is 0.0945 e. The van der Waals surface area contributed by atoms with Gasteiger partial charge < -0.3 is 9.47 Å². The minimum Gasteiger partial charge on any atom is -0.371 e. The van der Waals surface area contributed by atoms with Crippen molar-refractivity contribution in [3.05, 3.63) is 72.8 Å². The lowest BCUT2D eigenvalue weighted by Gasteiger charge is -2.20. The third kappa shape index (κ3) is 2.87. The molecule has 4 rings (SSSR count). The van der Waals surface area contributed by atoms with Gasteiger partial charge in [0.05, 0.1) is 6.33 Å². The number of nitrogens with zero attached hydrogens (tertiary/aromatic N) is 3. The summed E-state index contributed by atoms with van der Waals surface area (Å²) in [5.41, 5.74) is 5.63. The number of imidazole rings is 1. The van der Waals surface area contributed by atoms with Crippen LogP contribution >= 0.6 is 0 Å². The maximum absolute atomic E-state index is 4.10. The van der Waals surface area contributed by atoms with E-state index in [9.17, 15) is 0 Å². The van der Waals surface area contributed by atoms with Crippen LogP contribution in [0, 0.1) is 0 Å². The maximum atomic E-state index is 4.10. The van der Waals surface area contributed by atoms with Crippen molar-refractivity contribution >= 4 is 5.69 Å². The number of anilines is 1. The number of hydrogen-bond acceptors (Lipinski definition) is 2. The van der Waals surface area contributed by atoms with Crippen molar-refractivity contribution in [1.29, 1.82) is 0 Å². The van der Waals surface area contributed by atoms with E-state index in [1.807, 2.05) is 18.7 Å². The second-order valence-electron chi connectivity index (χ2n) is 6.06. The first-order chi connectivity index (χ1) is 11.4. The largest absolute Gasteiger partial charge is 0.371 e. The number of aryl methyl sites for hydroxylation is 1. The molecule has 0 N–H and O–H groups in total. The molecule has 23 heavy (non-hydrogen) atoms. The monoisotopic (exact) mass is 303 g/mol. The van der Waals surface area contributed by atoms with E-state index in [1.165, 1.54) is 22.4 Å². The molecule has 0 atom stereocenters. The van der Waals surface area contributed by atoms with E-state index in [0.29, 0.717) is 0 Å². The van der Waals surface area contributed by atoms with Crippen molar-refractivity contribution < 1.29 is 0 Å². The zero-order chi connectivity index (χ0) is 15.5. The summed E-state index contributed by atoms with van der Waals surface area (Å²) in [6.45, 7) is 3.26. The summed E-state index contributed by atoms with van der Waals surface area (Å²) in [5, 5.41) is 0. The molecule has 0 aliphatic carbocycles. The van der Waals surface area contributed by atoms with Gasteiger partial charge in [-0.2, -0.15) is 0 Å². The van der Waals surface area contributed by atoms with Gasteiger partial charge in [0.25, 0.3) is 0 Å². The zero-order valence-electron chi connectivity index (χ0n) is 13.2. The molecule has 0 fully saturated rings. The summed E-state index contributed by atoms with van der Waals surface area (Å²) in [4.78, 5) is 6.63. The molecule has 0 unspecified atom stereocenters. The summed E-state index contributed by atoms with van der Waals surface area (Å²) < 4.78 is 2.15. The van der Waals surface area contributed by atoms with Gasteiger partial charge in [-0.3, -0.25) is 0 Å². The van der Waals surface area contributed by atoms with Crippen molar-refractivity contribution in [3.63, 3.8) is 0 Å². The Morgan fingerprint density at radius 2 is 1.87 bits per heavy atom. The van der Waals surface area contributed by atoms with E-state index in [2.05, 4.69) is 63.0 Å². The molecule has 1 aliphatic rings. The van der Waals surface area contributed by atoms with Crippen LogP contribution in [0.4, 0.5) is 5.69 Å². The molecule has 0 bridgehead atoms. The molecule has 0 saturated carbocycles. The molecule has 1 aromatic heterocycles. The highest BCUT2D eigenvalue weighted by Gasteiger charge is 2.21. The van der Waals surface area contributed by atoms with Crippen molar-refractivity contribution in [3.8, 4) is 11.1 Å². The Bertz CT molecular complexity index is 763. The summed E-state index contributed by atoms with van der Waals surface area (Å²) in [7, 11) is 0.